The first-order chi connectivity index (χ1) is 15.3. The van der Waals surface area contributed by atoms with Crippen molar-refractivity contribution in [2.24, 2.45) is 0 Å². The van der Waals surface area contributed by atoms with Gasteiger partial charge in [-0.05, 0) is 75.5 Å². The van der Waals surface area contributed by atoms with E-state index >= 15 is 0 Å². The molecule has 1 aromatic heterocycles. The Morgan fingerprint density at radius 2 is 1.77 bits per heavy atom. The number of para-hydroxylation sites is 1. The molecule has 2 aromatic carbocycles. The molecule has 31 heavy (non-hydrogen) atoms. The van der Waals surface area contributed by atoms with E-state index in [9.17, 15) is 0 Å². The monoisotopic (exact) mass is 417 g/mol. The highest BCUT2D eigenvalue weighted by Crippen LogP contribution is 2.43. The quantitative estimate of drug-likeness (QED) is 0.553. The zero-order valence-corrected chi connectivity index (χ0v) is 18.5. The normalized spacial score (nSPS) is 15.5. The maximum absolute atomic E-state index is 5.59. The van der Waals surface area contributed by atoms with Crippen molar-refractivity contribution in [2.45, 2.75) is 32.1 Å². The molecule has 1 aliphatic carbocycles. The second-order valence-corrected chi connectivity index (χ2v) is 8.52. The molecule has 0 unspecified atom stereocenters. The molecule has 2 heterocycles. The van der Waals surface area contributed by atoms with Gasteiger partial charge in [0.1, 0.15) is 0 Å². The summed E-state index contributed by atoms with van der Waals surface area (Å²) in [4.78, 5) is 7.68. The molecule has 2 aliphatic rings. The number of aryl methyl sites for hydroxylation is 1. The van der Waals surface area contributed by atoms with Crippen LogP contribution in [0.15, 0.2) is 36.4 Å². The van der Waals surface area contributed by atoms with Gasteiger partial charge in [-0.2, -0.15) is 0 Å². The fraction of sp³-hybridized carbons (Fsp3) is 0.423. The van der Waals surface area contributed by atoms with E-state index < -0.39 is 0 Å². The van der Waals surface area contributed by atoms with Gasteiger partial charge in [-0.1, -0.05) is 18.2 Å². The van der Waals surface area contributed by atoms with Gasteiger partial charge in [-0.15, -0.1) is 0 Å². The van der Waals surface area contributed by atoms with Gasteiger partial charge in [0.2, 0.25) is 0 Å². The summed E-state index contributed by atoms with van der Waals surface area (Å²) < 4.78 is 11.1. The van der Waals surface area contributed by atoms with Crippen LogP contribution in [-0.2, 0) is 12.8 Å². The van der Waals surface area contributed by atoms with E-state index in [1.54, 1.807) is 14.2 Å². The lowest BCUT2D eigenvalue weighted by Crippen LogP contribution is -2.22. The molecule has 0 atom stereocenters. The molecule has 0 radical (unpaired) electrons. The molecule has 1 fully saturated rings. The van der Waals surface area contributed by atoms with Gasteiger partial charge in [0.05, 0.1) is 25.4 Å². The lowest BCUT2D eigenvalue weighted by Gasteiger charge is -2.25. The number of methoxy groups -OCH3 is 2. The summed E-state index contributed by atoms with van der Waals surface area (Å²) in [5.74, 6) is 1.54. The number of nitrogens with zero attached hydrogens (tertiary/aromatic N) is 2. The number of hydrogen-bond acceptors (Lipinski definition) is 5. The van der Waals surface area contributed by atoms with Gasteiger partial charge < -0.3 is 19.7 Å². The smallest absolute Gasteiger partial charge is 0.161 e. The molecule has 0 bridgehead atoms. The lowest BCUT2D eigenvalue weighted by molar-refractivity contribution is 0.337. The van der Waals surface area contributed by atoms with Crippen LogP contribution in [-0.4, -0.2) is 50.3 Å². The molecule has 5 rings (SSSR count). The Hall–Kier alpha value is -2.79. The van der Waals surface area contributed by atoms with Crippen molar-refractivity contribution in [1.29, 1.82) is 0 Å². The van der Waals surface area contributed by atoms with Gasteiger partial charge in [0, 0.05) is 28.7 Å². The minimum Gasteiger partial charge on any atom is -0.493 e. The first kappa shape index (κ1) is 20.1. The lowest BCUT2D eigenvalue weighted by atomic mass is 9.86. The molecule has 5 heteroatoms. The molecule has 5 nitrogen and oxygen atoms in total. The van der Waals surface area contributed by atoms with Crippen molar-refractivity contribution in [3.63, 3.8) is 0 Å². The molecule has 162 valence electrons. The summed E-state index contributed by atoms with van der Waals surface area (Å²) in [6.07, 6.45) is 5.81. The molecule has 3 aromatic rings. The Balaban J connectivity index is 1.51. The third-order valence-corrected chi connectivity index (χ3v) is 6.65. The van der Waals surface area contributed by atoms with Crippen LogP contribution < -0.4 is 14.8 Å². The standard InChI is InChI=1S/C26H31N3O2/c1-30-23-16-18-10-11-20-25(27-12-7-15-29-13-5-6-14-29)19-8-3-4-9-22(19)28-26(20)21(18)17-24(23)31-2/h3-4,8-9,16-17H,5-7,10-15H2,1-2H3,(H,27,28). The van der Waals surface area contributed by atoms with Crippen LogP contribution in [0.1, 0.15) is 30.4 Å². The maximum Gasteiger partial charge on any atom is 0.161 e. The van der Waals surface area contributed by atoms with Crippen LogP contribution in [0.5, 0.6) is 11.5 Å². The minimum absolute atomic E-state index is 0.754. The number of benzene rings is 2. The molecule has 1 saturated heterocycles. The third kappa shape index (κ3) is 3.83. The zero-order valence-electron chi connectivity index (χ0n) is 18.5. The van der Waals surface area contributed by atoms with Crippen LogP contribution >= 0.6 is 0 Å². The molecule has 0 spiro atoms. The highest BCUT2D eigenvalue weighted by atomic mass is 16.5. The fourth-order valence-electron chi connectivity index (χ4n) is 5.05. The number of likely N-dealkylation sites (tertiary alicyclic amines) is 1. The highest BCUT2D eigenvalue weighted by Gasteiger charge is 2.24. The van der Waals surface area contributed by atoms with Crippen LogP contribution in [0.4, 0.5) is 5.69 Å². The predicted molar refractivity (Wildman–Crippen MR) is 126 cm³/mol. The predicted octanol–water partition coefficient (Wildman–Crippen LogP) is 4.92. The number of aromatic nitrogens is 1. The van der Waals surface area contributed by atoms with E-state index in [1.807, 2.05) is 0 Å². The summed E-state index contributed by atoms with van der Waals surface area (Å²) in [5, 5.41) is 5.01. The van der Waals surface area contributed by atoms with Crippen molar-refractivity contribution in [3.05, 3.63) is 47.5 Å². The Bertz CT molecular complexity index is 1090. The largest absolute Gasteiger partial charge is 0.493 e. The van der Waals surface area contributed by atoms with Crippen molar-refractivity contribution < 1.29 is 9.47 Å². The van der Waals surface area contributed by atoms with Crippen LogP contribution in [0.3, 0.4) is 0 Å². The number of nitrogens with one attached hydrogen (secondary N) is 1. The number of ether oxygens (including phenoxy) is 2. The minimum atomic E-state index is 0.754. The topological polar surface area (TPSA) is 46.6 Å². The average molecular weight is 418 g/mol. The Labute approximate surface area is 184 Å². The second kappa shape index (κ2) is 8.75. The number of anilines is 1. The summed E-state index contributed by atoms with van der Waals surface area (Å²) >= 11 is 0. The van der Waals surface area contributed by atoms with E-state index in [-0.39, 0.29) is 0 Å². The summed E-state index contributed by atoms with van der Waals surface area (Å²) in [5.41, 5.74) is 7.11. The molecular weight excluding hydrogens is 386 g/mol. The van der Waals surface area contributed by atoms with Gasteiger partial charge in [0.15, 0.2) is 11.5 Å². The van der Waals surface area contributed by atoms with Gasteiger partial charge in [0.25, 0.3) is 0 Å². The van der Waals surface area contributed by atoms with Crippen molar-refractivity contribution in [2.75, 3.05) is 45.7 Å². The van der Waals surface area contributed by atoms with Gasteiger partial charge in [-0.25, -0.2) is 4.98 Å². The number of pyridine rings is 1. The summed E-state index contributed by atoms with van der Waals surface area (Å²) in [6.45, 7) is 4.68. The second-order valence-electron chi connectivity index (χ2n) is 8.52. The Morgan fingerprint density at radius 1 is 1.00 bits per heavy atom. The van der Waals surface area contributed by atoms with E-state index in [2.05, 4.69) is 46.6 Å². The highest BCUT2D eigenvalue weighted by molar-refractivity contribution is 5.97. The van der Waals surface area contributed by atoms with E-state index in [0.717, 1.165) is 54.1 Å². The first-order valence-corrected chi connectivity index (χ1v) is 11.4. The van der Waals surface area contributed by atoms with Crippen LogP contribution in [0, 0.1) is 0 Å². The molecule has 1 aliphatic heterocycles. The number of hydrogen-bond donors (Lipinski definition) is 1. The van der Waals surface area contributed by atoms with Gasteiger partial charge in [-0.3, -0.25) is 0 Å². The SMILES string of the molecule is COc1cc2c(cc1OC)-c1nc3ccccc3c(NCCCN3CCCC3)c1CC2. The summed E-state index contributed by atoms with van der Waals surface area (Å²) in [7, 11) is 3.38. The zero-order chi connectivity index (χ0) is 21.2. The maximum atomic E-state index is 5.59. The summed E-state index contributed by atoms with van der Waals surface area (Å²) in [6, 6.07) is 12.7. The Kier molecular flexibility index (Phi) is 5.68. The molecule has 0 amide bonds. The van der Waals surface area contributed by atoms with Crippen molar-refractivity contribution in [3.8, 4) is 22.8 Å². The fourth-order valence-corrected chi connectivity index (χ4v) is 5.05. The van der Waals surface area contributed by atoms with E-state index in [1.165, 1.54) is 54.7 Å². The molecule has 0 saturated carbocycles. The van der Waals surface area contributed by atoms with E-state index in [4.69, 9.17) is 14.5 Å². The van der Waals surface area contributed by atoms with Crippen LogP contribution in [0.2, 0.25) is 0 Å². The first-order valence-electron chi connectivity index (χ1n) is 11.4. The average Bonchev–Trinajstić information content (AvgIpc) is 3.33. The number of rotatable bonds is 7. The molecule has 1 N–H and O–H groups in total. The molecular formula is C26H31N3O2. The Morgan fingerprint density at radius 3 is 2.58 bits per heavy atom. The van der Waals surface area contributed by atoms with E-state index in [0.29, 0.717) is 0 Å². The van der Waals surface area contributed by atoms with Crippen molar-refractivity contribution in [1.82, 2.24) is 9.88 Å². The number of fused-ring (bicyclic) bond motifs is 4. The van der Waals surface area contributed by atoms with Crippen molar-refractivity contribution >= 4 is 16.6 Å². The van der Waals surface area contributed by atoms with Crippen LogP contribution in [0.25, 0.3) is 22.2 Å². The third-order valence-electron chi connectivity index (χ3n) is 6.65. The van der Waals surface area contributed by atoms with Gasteiger partial charge >= 0.3 is 0 Å².